The summed E-state index contributed by atoms with van der Waals surface area (Å²) in [5.74, 6) is -0.119. The first-order chi connectivity index (χ1) is 8.49. The highest BCUT2D eigenvalue weighted by Gasteiger charge is 2.29. The molecular formula is C14H17NO3. The molecule has 1 aliphatic carbocycles. The molecule has 0 fully saturated rings. The van der Waals surface area contributed by atoms with Crippen LogP contribution in [0.25, 0.3) is 0 Å². The standard InChI is InChI=1S/C14H17NO3/c1-8(2)14(18)15-12-6-3-9-7-10(16)4-5-11(9)13(12)17/h4-5,7-8,12,16H,3,6H2,1-2H3,(H,15,18). The minimum absolute atomic E-state index is 0.0646. The van der Waals surface area contributed by atoms with Gasteiger partial charge < -0.3 is 10.4 Å². The van der Waals surface area contributed by atoms with Gasteiger partial charge in [0, 0.05) is 11.5 Å². The maximum atomic E-state index is 12.2. The molecule has 0 heterocycles. The van der Waals surface area contributed by atoms with Crippen LogP contribution >= 0.6 is 0 Å². The quantitative estimate of drug-likeness (QED) is 0.835. The molecule has 0 saturated heterocycles. The lowest BCUT2D eigenvalue weighted by molar-refractivity contribution is -0.124. The van der Waals surface area contributed by atoms with Gasteiger partial charge in [0.15, 0.2) is 5.78 Å². The third-order valence-electron chi connectivity index (χ3n) is 3.21. The molecule has 0 radical (unpaired) electrons. The van der Waals surface area contributed by atoms with Crippen molar-refractivity contribution in [1.29, 1.82) is 0 Å². The molecule has 96 valence electrons. The van der Waals surface area contributed by atoms with Gasteiger partial charge in [-0.3, -0.25) is 9.59 Å². The number of benzene rings is 1. The van der Waals surface area contributed by atoms with E-state index >= 15 is 0 Å². The van der Waals surface area contributed by atoms with E-state index in [2.05, 4.69) is 5.32 Å². The Morgan fingerprint density at radius 1 is 1.44 bits per heavy atom. The fraction of sp³-hybridized carbons (Fsp3) is 0.429. The highest BCUT2D eigenvalue weighted by Crippen LogP contribution is 2.25. The van der Waals surface area contributed by atoms with Crippen LogP contribution in [0.1, 0.15) is 36.2 Å². The van der Waals surface area contributed by atoms with Crippen LogP contribution in [0.2, 0.25) is 0 Å². The Bertz CT molecular complexity index is 494. The van der Waals surface area contributed by atoms with Crippen molar-refractivity contribution < 1.29 is 14.7 Å². The molecule has 1 aromatic rings. The zero-order valence-corrected chi connectivity index (χ0v) is 10.6. The number of carbonyl (C=O) groups excluding carboxylic acids is 2. The molecule has 1 unspecified atom stereocenters. The smallest absolute Gasteiger partial charge is 0.223 e. The largest absolute Gasteiger partial charge is 0.508 e. The first-order valence-electron chi connectivity index (χ1n) is 6.15. The summed E-state index contributed by atoms with van der Waals surface area (Å²) in [4.78, 5) is 23.8. The van der Waals surface area contributed by atoms with Gasteiger partial charge in [-0.05, 0) is 36.6 Å². The van der Waals surface area contributed by atoms with Gasteiger partial charge in [0.25, 0.3) is 0 Å². The van der Waals surface area contributed by atoms with Gasteiger partial charge >= 0.3 is 0 Å². The van der Waals surface area contributed by atoms with Gasteiger partial charge in [0.1, 0.15) is 5.75 Å². The maximum absolute atomic E-state index is 12.2. The number of fused-ring (bicyclic) bond motifs is 1. The van der Waals surface area contributed by atoms with Crippen molar-refractivity contribution in [3.05, 3.63) is 29.3 Å². The molecule has 4 nitrogen and oxygen atoms in total. The van der Waals surface area contributed by atoms with Crippen LogP contribution in [0.5, 0.6) is 5.75 Å². The van der Waals surface area contributed by atoms with E-state index in [1.807, 2.05) is 0 Å². The number of amides is 1. The van der Waals surface area contributed by atoms with E-state index in [-0.39, 0.29) is 23.4 Å². The van der Waals surface area contributed by atoms with Crippen molar-refractivity contribution in [3.63, 3.8) is 0 Å². The Balaban J connectivity index is 2.18. The number of rotatable bonds is 2. The molecular weight excluding hydrogens is 230 g/mol. The molecule has 2 N–H and O–H groups in total. The van der Waals surface area contributed by atoms with Crippen LogP contribution in [-0.4, -0.2) is 22.8 Å². The van der Waals surface area contributed by atoms with Gasteiger partial charge in [-0.2, -0.15) is 0 Å². The maximum Gasteiger partial charge on any atom is 0.223 e. The number of Topliss-reactive ketones (excluding diaryl/α,β-unsaturated/α-hetero) is 1. The van der Waals surface area contributed by atoms with Crippen LogP contribution in [0.15, 0.2) is 18.2 Å². The fourth-order valence-electron chi connectivity index (χ4n) is 2.12. The highest BCUT2D eigenvalue weighted by molar-refractivity contribution is 6.04. The van der Waals surface area contributed by atoms with Crippen LogP contribution in [0.3, 0.4) is 0 Å². The number of phenols is 1. The van der Waals surface area contributed by atoms with Crippen LogP contribution in [0.4, 0.5) is 0 Å². The van der Waals surface area contributed by atoms with Gasteiger partial charge in [0.2, 0.25) is 5.91 Å². The number of aryl methyl sites for hydroxylation is 1. The molecule has 0 aromatic heterocycles. The number of nitrogens with one attached hydrogen (secondary N) is 1. The molecule has 18 heavy (non-hydrogen) atoms. The number of carbonyl (C=O) groups is 2. The summed E-state index contributed by atoms with van der Waals surface area (Å²) in [6.45, 7) is 3.60. The lowest BCUT2D eigenvalue weighted by Crippen LogP contribution is -2.45. The van der Waals surface area contributed by atoms with E-state index in [9.17, 15) is 14.7 Å². The van der Waals surface area contributed by atoms with E-state index in [0.29, 0.717) is 18.4 Å². The normalized spacial score (nSPS) is 18.6. The van der Waals surface area contributed by atoms with Crippen LogP contribution in [0, 0.1) is 5.92 Å². The molecule has 1 amide bonds. The van der Waals surface area contributed by atoms with E-state index in [1.165, 1.54) is 6.07 Å². The Morgan fingerprint density at radius 3 is 2.83 bits per heavy atom. The van der Waals surface area contributed by atoms with Crippen LogP contribution < -0.4 is 5.32 Å². The van der Waals surface area contributed by atoms with Crippen molar-refractivity contribution in [2.75, 3.05) is 0 Å². The lowest BCUT2D eigenvalue weighted by Gasteiger charge is -2.25. The third kappa shape index (κ3) is 2.37. The topological polar surface area (TPSA) is 66.4 Å². The van der Waals surface area contributed by atoms with Gasteiger partial charge in [-0.25, -0.2) is 0 Å². The molecule has 0 spiro atoms. The summed E-state index contributed by atoms with van der Waals surface area (Å²) in [6, 6.07) is 4.31. The van der Waals surface area contributed by atoms with Gasteiger partial charge in [0.05, 0.1) is 6.04 Å². The fourth-order valence-corrected chi connectivity index (χ4v) is 2.12. The zero-order valence-electron chi connectivity index (χ0n) is 10.6. The number of phenolic OH excluding ortho intramolecular Hbond substituents is 1. The molecule has 1 aliphatic rings. The zero-order chi connectivity index (χ0) is 13.3. The minimum atomic E-state index is -0.433. The minimum Gasteiger partial charge on any atom is -0.508 e. The Morgan fingerprint density at radius 2 is 2.17 bits per heavy atom. The average Bonchev–Trinajstić information content (AvgIpc) is 2.32. The predicted molar refractivity (Wildman–Crippen MR) is 67.5 cm³/mol. The summed E-state index contributed by atoms with van der Waals surface area (Å²) in [6.07, 6.45) is 1.28. The number of aromatic hydroxyl groups is 1. The summed E-state index contributed by atoms with van der Waals surface area (Å²) in [5, 5.41) is 12.2. The summed E-state index contributed by atoms with van der Waals surface area (Å²) >= 11 is 0. The number of hydrogen-bond acceptors (Lipinski definition) is 3. The lowest BCUT2D eigenvalue weighted by atomic mass is 9.87. The van der Waals surface area contributed by atoms with E-state index in [4.69, 9.17) is 0 Å². The monoisotopic (exact) mass is 247 g/mol. The molecule has 0 bridgehead atoms. The van der Waals surface area contributed by atoms with Crippen molar-refractivity contribution in [3.8, 4) is 5.75 Å². The molecule has 4 heteroatoms. The van der Waals surface area contributed by atoms with E-state index in [1.54, 1.807) is 26.0 Å². The summed E-state index contributed by atoms with van der Waals surface area (Å²) in [7, 11) is 0. The molecule has 0 saturated carbocycles. The third-order valence-corrected chi connectivity index (χ3v) is 3.21. The van der Waals surface area contributed by atoms with Gasteiger partial charge in [-0.1, -0.05) is 13.8 Å². The summed E-state index contributed by atoms with van der Waals surface area (Å²) in [5.41, 5.74) is 1.46. The van der Waals surface area contributed by atoms with E-state index < -0.39 is 6.04 Å². The van der Waals surface area contributed by atoms with Crippen molar-refractivity contribution in [2.45, 2.75) is 32.7 Å². The summed E-state index contributed by atoms with van der Waals surface area (Å²) < 4.78 is 0. The average molecular weight is 247 g/mol. The molecule has 2 rings (SSSR count). The second kappa shape index (κ2) is 4.80. The predicted octanol–water partition coefficient (Wildman–Crippen LogP) is 1.66. The molecule has 0 aliphatic heterocycles. The van der Waals surface area contributed by atoms with Crippen molar-refractivity contribution in [2.24, 2.45) is 5.92 Å². The first-order valence-corrected chi connectivity index (χ1v) is 6.15. The SMILES string of the molecule is CC(C)C(=O)NC1CCc2cc(O)ccc2C1=O. The number of ketones is 1. The Kier molecular flexibility index (Phi) is 3.36. The Labute approximate surface area is 106 Å². The Hall–Kier alpha value is -1.84. The van der Waals surface area contributed by atoms with Crippen molar-refractivity contribution >= 4 is 11.7 Å². The molecule has 1 aromatic carbocycles. The highest BCUT2D eigenvalue weighted by atomic mass is 16.3. The van der Waals surface area contributed by atoms with Gasteiger partial charge in [-0.15, -0.1) is 0 Å². The molecule has 1 atom stereocenters. The van der Waals surface area contributed by atoms with Crippen LogP contribution in [-0.2, 0) is 11.2 Å². The second-order valence-corrected chi connectivity index (χ2v) is 4.96. The first kappa shape index (κ1) is 12.6. The van der Waals surface area contributed by atoms with E-state index in [0.717, 1.165) is 5.56 Å². The number of hydrogen-bond donors (Lipinski definition) is 2. The second-order valence-electron chi connectivity index (χ2n) is 4.96. The van der Waals surface area contributed by atoms with Crippen molar-refractivity contribution in [1.82, 2.24) is 5.32 Å².